The van der Waals surface area contributed by atoms with Gasteiger partial charge in [-0.25, -0.2) is 0 Å². The lowest BCUT2D eigenvalue weighted by atomic mass is 10.1. The Labute approximate surface area is 193 Å². The number of hydrogen-bond donors (Lipinski definition) is 0. The van der Waals surface area contributed by atoms with Crippen molar-refractivity contribution in [3.63, 3.8) is 0 Å². The van der Waals surface area contributed by atoms with Crippen molar-refractivity contribution >= 4 is 46.9 Å². The number of halogens is 2. The summed E-state index contributed by atoms with van der Waals surface area (Å²) >= 11 is 14.0. The van der Waals surface area contributed by atoms with Crippen LogP contribution in [0.15, 0.2) is 53.4 Å². The molecule has 2 saturated heterocycles. The number of hydrogen-bond acceptors (Lipinski definition) is 3. The quantitative estimate of drug-likeness (QED) is 0.460. The Bertz CT molecular complexity index is 927. The van der Waals surface area contributed by atoms with E-state index in [0.29, 0.717) is 10.0 Å². The Morgan fingerprint density at radius 3 is 2.43 bits per heavy atom. The fraction of sp³-hybridized carbons (Fsp3) is 0.375. The molecule has 2 aliphatic heterocycles. The van der Waals surface area contributed by atoms with E-state index in [-0.39, 0.29) is 11.3 Å². The predicted molar refractivity (Wildman–Crippen MR) is 128 cm³/mol. The summed E-state index contributed by atoms with van der Waals surface area (Å²) in [5, 5.41) is 1.31. The number of rotatable bonds is 6. The first-order valence-corrected chi connectivity index (χ1v) is 12.2. The topological polar surface area (TPSA) is 23.6 Å². The van der Waals surface area contributed by atoms with Crippen LogP contribution in [0.1, 0.15) is 42.2 Å². The third-order valence-electron chi connectivity index (χ3n) is 5.60. The molecule has 1 atom stereocenters. The van der Waals surface area contributed by atoms with Crippen LogP contribution in [0.2, 0.25) is 10.0 Å². The van der Waals surface area contributed by atoms with Gasteiger partial charge in [-0.1, -0.05) is 65.7 Å². The summed E-state index contributed by atoms with van der Waals surface area (Å²) in [5.41, 5.74) is 2.01. The van der Waals surface area contributed by atoms with E-state index in [1.807, 2.05) is 53.4 Å². The monoisotopic (exact) mass is 460 g/mol. The summed E-state index contributed by atoms with van der Waals surface area (Å²) < 4.78 is 0. The molecule has 30 heavy (non-hydrogen) atoms. The van der Waals surface area contributed by atoms with Gasteiger partial charge in [0.25, 0.3) is 5.91 Å². The maximum atomic E-state index is 13.3. The van der Waals surface area contributed by atoms with E-state index >= 15 is 0 Å². The van der Waals surface area contributed by atoms with Crippen molar-refractivity contribution in [2.45, 2.75) is 31.1 Å². The molecule has 0 radical (unpaired) electrons. The molecule has 0 saturated carbocycles. The highest BCUT2D eigenvalue weighted by molar-refractivity contribution is 8.04. The Hall–Kier alpha value is -1.46. The van der Waals surface area contributed by atoms with Gasteiger partial charge in [0.2, 0.25) is 0 Å². The number of carbonyl (C=O) groups is 1. The molecule has 2 aromatic carbocycles. The molecular weight excluding hydrogens is 435 g/mol. The summed E-state index contributed by atoms with van der Waals surface area (Å²) in [5.74, 6) is 0.0867. The van der Waals surface area contributed by atoms with Crippen LogP contribution >= 0.6 is 35.0 Å². The molecule has 158 valence electrons. The fourth-order valence-electron chi connectivity index (χ4n) is 4.10. The molecule has 0 N–H and O–H groups in total. The van der Waals surface area contributed by atoms with Gasteiger partial charge in [0.1, 0.15) is 5.37 Å². The van der Waals surface area contributed by atoms with Crippen LogP contribution in [0.4, 0.5) is 0 Å². The lowest BCUT2D eigenvalue weighted by molar-refractivity contribution is -0.126. The Morgan fingerprint density at radius 1 is 0.967 bits per heavy atom. The van der Waals surface area contributed by atoms with Gasteiger partial charge in [-0.2, -0.15) is 0 Å². The van der Waals surface area contributed by atoms with Crippen LogP contribution in [0.5, 0.6) is 0 Å². The number of piperidine rings is 1. The summed E-state index contributed by atoms with van der Waals surface area (Å²) in [7, 11) is 0. The SMILES string of the molecule is O=C1/C(=C\c2cccc(Cl)c2)SC(c2cccc(Cl)c2)N1CCCN1CCCCC1. The molecule has 2 heterocycles. The second-order valence-electron chi connectivity index (χ2n) is 7.84. The van der Waals surface area contributed by atoms with Crippen molar-refractivity contribution in [2.75, 3.05) is 26.2 Å². The van der Waals surface area contributed by atoms with Gasteiger partial charge in [-0.15, -0.1) is 0 Å². The van der Waals surface area contributed by atoms with Crippen LogP contribution in [-0.2, 0) is 4.79 Å². The molecule has 2 fully saturated rings. The van der Waals surface area contributed by atoms with E-state index in [9.17, 15) is 4.79 Å². The molecule has 2 aliphatic rings. The van der Waals surface area contributed by atoms with Crippen molar-refractivity contribution in [2.24, 2.45) is 0 Å². The zero-order valence-electron chi connectivity index (χ0n) is 16.9. The average molecular weight is 461 g/mol. The van der Waals surface area contributed by atoms with Gasteiger partial charge in [0.05, 0.1) is 4.91 Å². The summed E-state index contributed by atoms with van der Waals surface area (Å²) in [6, 6.07) is 15.4. The summed E-state index contributed by atoms with van der Waals surface area (Å²) in [6.07, 6.45) is 6.84. The predicted octanol–water partition coefficient (Wildman–Crippen LogP) is 6.48. The highest BCUT2D eigenvalue weighted by Crippen LogP contribution is 2.46. The van der Waals surface area contributed by atoms with Crippen molar-refractivity contribution in [1.82, 2.24) is 9.80 Å². The largest absolute Gasteiger partial charge is 0.322 e. The van der Waals surface area contributed by atoms with E-state index in [2.05, 4.69) is 11.0 Å². The number of thioether (sulfide) groups is 1. The molecule has 2 aromatic rings. The number of nitrogens with zero attached hydrogens (tertiary/aromatic N) is 2. The first kappa shape index (κ1) is 21.8. The second kappa shape index (κ2) is 10.2. The van der Waals surface area contributed by atoms with Crippen LogP contribution in [0.25, 0.3) is 6.08 Å². The Balaban J connectivity index is 1.53. The average Bonchev–Trinajstić information content (AvgIpc) is 3.04. The molecule has 0 aromatic heterocycles. The minimum atomic E-state index is -0.0528. The zero-order chi connectivity index (χ0) is 20.9. The molecule has 4 rings (SSSR count). The van der Waals surface area contributed by atoms with E-state index in [4.69, 9.17) is 23.2 Å². The molecule has 0 aliphatic carbocycles. The van der Waals surface area contributed by atoms with Gasteiger partial charge in [-0.05, 0) is 80.4 Å². The Morgan fingerprint density at radius 2 is 1.70 bits per heavy atom. The van der Waals surface area contributed by atoms with E-state index in [1.54, 1.807) is 11.8 Å². The van der Waals surface area contributed by atoms with E-state index in [0.717, 1.165) is 35.5 Å². The van der Waals surface area contributed by atoms with Gasteiger partial charge in [-0.3, -0.25) is 4.79 Å². The normalized spacial score (nSPS) is 21.5. The van der Waals surface area contributed by atoms with Crippen molar-refractivity contribution in [3.8, 4) is 0 Å². The lowest BCUT2D eigenvalue weighted by Gasteiger charge is -2.28. The number of likely N-dealkylation sites (tertiary alicyclic amines) is 1. The molecule has 1 unspecified atom stereocenters. The first-order valence-electron chi connectivity index (χ1n) is 10.5. The number of benzene rings is 2. The lowest BCUT2D eigenvalue weighted by Crippen LogP contribution is -2.34. The summed E-state index contributed by atoms with van der Waals surface area (Å²) in [6.45, 7) is 4.15. The first-order chi connectivity index (χ1) is 14.6. The van der Waals surface area contributed by atoms with Gasteiger partial charge in [0.15, 0.2) is 0 Å². The number of carbonyl (C=O) groups excluding carboxylic acids is 1. The maximum Gasteiger partial charge on any atom is 0.261 e. The summed E-state index contributed by atoms with van der Waals surface area (Å²) in [4.78, 5) is 18.6. The molecule has 0 bridgehead atoms. The smallest absolute Gasteiger partial charge is 0.261 e. The highest BCUT2D eigenvalue weighted by Gasteiger charge is 2.36. The maximum absolute atomic E-state index is 13.3. The molecule has 3 nitrogen and oxygen atoms in total. The third kappa shape index (κ3) is 5.42. The second-order valence-corrected chi connectivity index (χ2v) is 9.84. The molecule has 6 heteroatoms. The van der Waals surface area contributed by atoms with Gasteiger partial charge in [0, 0.05) is 16.6 Å². The van der Waals surface area contributed by atoms with Crippen LogP contribution in [-0.4, -0.2) is 41.9 Å². The Kier molecular flexibility index (Phi) is 7.42. The standard InChI is InChI=1S/C24H26Cl2N2OS/c25-20-9-4-7-18(15-20)16-22-23(29)28(14-6-13-27-11-2-1-3-12-27)24(30-22)19-8-5-10-21(26)17-19/h4-5,7-10,15-17,24H,1-3,6,11-14H2/b22-16+. The van der Waals surface area contributed by atoms with Crippen LogP contribution in [0.3, 0.4) is 0 Å². The fourth-order valence-corrected chi connectivity index (χ4v) is 5.77. The molecule has 0 spiro atoms. The number of amides is 1. The van der Waals surface area contributed by atoms with Crippen molar-refractivity contribution in [3.05, 3.63) is 74.6 Å². The van der Waals surface area contributed by atoms with E-state index in [1.165, 1.54) is 32.4 Å². The molecule has 1 amide bonds. The van der Waals surface area contributed by atoms with Crippen LogP contribution < -0.4 is 0 Å². The van der Waals surface area contributed by atoms with Gasteiger partial charge < -0.3 is 9.80 Å². The highest BCUT2D eigenvalue weighted by atomic mass is 35.5. The minimum absolute atomic E-state index is 0.0528. The zero-order valence-corrected chi connectivity index (χ0v) is 19.2. The van der Waals surface area contributed by atoms with Gasteiger partial charge >= 0.3 is 0 Å². The van der Waals surface area contributed by atoms with Crippen LogP contribution in [0, 0.1) is 0 Å². The third-order valence-corrected chi connectivity index (χ3v) is 7.36. The van der Waals surface area contributed by atoms with Crippen molar-refractivity contribution < 1.29 is 4.79 Å². The van der Waals surface area contributed by atoms with E-state index < -0.39 is 0 Å². The minimum Gasteiger partial charge on any atom is -0.322 e. The molecular formula is C24H26Cl2N2OS. The van der Waals surface area contributed by atoms with Crippen molar-refractivity contribution in [1.29, 1.82) is 0 Å².